The van der Waals surface area contributed by atoms with Crippen molar-refractivity contribution in [2.75, 3.05) is 7.11 Å². The molecule has 0 atom stereocenters. The number of rotatable bonds is 7. The van der Waals surface area contributed by atoms with Crippen LogP contribution < -0.4 is 14.8 Å². The van der Waals surface area contributed by atoms with Crippen LogP contribution in [0.5, 0.6) is 11.5 Å². The molecule has 0 saturated carbocycles. The number of aryl methyl sites for hydroxylation is 1. The van der Waals surface area contributed by atoms with Crippen molar-refractivity contribution in [2.24, 2.45) is 0 Å². The van der Waals surface area contributed by atoms with Crippen LogP contribution in [0.3, 0.4) is 0 Å². The Balaban J connectivity index is 1.66. The number of hydrogen-bond acceptors (Lipinski definition) is 5. The van der Waals surface area contributed by atoms with Gasteiger partial charge in [0.15, 0.2) is 11.5 Å². The maximum Gasteiger partial charge on any atom is 0.251 e. The van der Waals surface area contributed by atoms with Crippen molar-refractivity contribution in [3.05, 3.63) is 75.7 Å². The molecule has 1 heterocycles. The number of amides is 1. The van der Waals surface area contributed by atoms with E-state index in [4.69, 9.17) is 9.47 Å². The summed E-state index contributed by atoms with van der Waals surface area (Å²) in [7, 11) is 1.56. The third-order valence-electron chi connectivity index (χ3n) is 3.99. The molecule has 0 bridgehead atoms. The van der Waals surface area contributed by atoms with Crippen molar-refractivity contribution in [3.8, 4) is 11.5 Å². The minimum atomic E-state index is -0.155. The van der Waals surface area contributed by atoms with Gasteiger partial charge in [-0.25, -0.2) is 4.98 Å². The number of carbonyl (C=O) groups excluding carboxylic acids is 1. The van der Waals surface area contributed by atoms with Crippen LogP contribution in [0.4, 0.5) is 0 Å². The summed E-state index contributed by atoms with van der Waals surface area (Å²) in [6.07, 6.45) is 0. The van der Waals surface area contributed by atoms with Crippen LogP contribution in [0, 0.1) is 6.92 Å². The molecule has 6 heteroatoms. The Morgan fingerprint density at radius 3 is 2.77 bits per heavy atom. The zero-order valence-electron chi connectivity index (χ0n) is 14.7. The van der Waals surface area contributed by atoms with Crippen molar-refractivity contribution in [1.29, 1.82) is 0 Å². The monoisotopic (exact) mass is 368 g/mol. The Kier molecular flexibility index (Phi) is 5.86. The van der Waals surface area contributed by atoms with Gasteiger partial charge in [0, 0.05) is 17.5 Å². The summed E-state index contributed by atoms with van der Waals surface area (Å²) in [5.41, 5.74) is 5.39. The number of ether oxygens (including phenoxy) is 2. The van der Waals surface area contributed by atoms with Gasteiger partial charge < -0.3 is 14.8 Å². The van der Waals surface area contributed by atoms with E-state index in [1.54, 1.807) is 30.8 Å². The van der Waals surface area contributed by atoms with Gasteiger partial charge in [-0.1, -0.05) is 24.3 Å². The SMILES string of the molecule is COc1cc(C(=O)NCc2ccccc2C)ccc1OCc1cscn1. The molecule has 26 heavy (non-hydrogen) atoms. The zero-order valence-corrected chi connectivity index (χ0v) is 15.5. The highest BCUT2D eigenvalue weighted by Crippen LogP contribution is 2.29. The molecule has 0 spiro atoms. The molecule has 0 unspecified atom stereocenters. The fraction of sp³-hybridized carbons (Fsp3) is 0.200. The summed E-state index contributed by atoms with van der Waals surface area (Å²) in [4.78, 5) is 16.6. The largest absolute Gasteiger partial charge is 0.493 e. The number of nitrogens with one attached hydrogen (secondary N) is 1. The minimum Gasteiger partial charge on any atom is -0.493 e. The van der Waals surface area contributed by atoms with Gasteiger partial charge in [0.05, 0.1) is 18.3 Å². The van der Waals surface area contributed by atoms with E-state index in [1.165, 1.54) is 11.3 Å². The molecule has 134 valence electrons. The number of carbonyl (C=O) groups is 1. The second-order valence-electron chi connectivity index (χ2n) is 5.74. The Morgan fingerprint density at radius 2 is 2.04 bits per heavy atom. The Hall–Kier alpha value is -2.86. The Labute approximate surface area is 156 Å². The van der Waals surface area contributed by atoms with E-state index in [0.717, 1.165) is 16.8 Å². The normalized spacial score (nSPS) is 10.4. The first kappa shape index (κ1) is 17.9. The molecule has 3 rings (SSSR count). The average Bonchev–Trinajstić information content (AvgIpc) is 3.19. The zero-order chi connectivity index (χ0) is 18.4. The lowest BCUT2D eigenvalue weighted by atomic mass is 10.1. The predicted molar refractivity (Wildman–Crippen MR) is 102 cm³/mol. The highest BCUT2D eigenvalue weighted by atomic mass is 32.1. The summed E-state index contributed by atoms with van der Waals surface area (Å²) in [6.45, 7) is 2.87. The van der Waals surface area contributed by atoms with Crippen LogP contribution >= 0.6 is 11.3 Å². The molecule has 5 nitrogen and oxygen atoms in total. The fourth-order valence-corrected chi connectivity index (χ4v) is 3.02. The number of benzene rings is 2. The fourth-order valence-electron chi connectivity index (χ4n) is 2.47. The number of methoxy groups -OCH3 is 1. The summed E-state index contributed by atoms with van der Waals surface area (Å²) in [5, 5.41) is 4.87. The second kappa shape index (κ2) is 8.49. The first-order valence-electron chi connectivity index (χ1n) is 8.18. The van der Waals surface area contributed by atoms with Gasteiger partial charge in [0.2, 0.25) is 0 Å². The van der Waals surface area contributed by atoms with Crippen LogP contribution in [-0.4, -0.2) is 18.0 Å². The molecule has 2 aromatic carbocycles. The minimum absolute atomic E-state index is 0.155. The van der Waals surface area contributed by atoms with Crippen LogP contribution in [-0.2, 0) is 13.2 Å². The predicted octanol–water partition coefficient (Wildman–Crippen LogP) is 3.97. The average molecular weight is 368 g/mol. The van der Waals surface area contributed by atoms with Gasteiger partial charge in [-0.15, -0.1) is 11.3 Å². The maximum atomic E-state index is 12.4. The highest BCUT2D eigenvalue weighted by Gasteiger charge is 2.12. The molecular weight excluding hydrogens is 348 g/mol. The van der Waals surface area contributed by atoms with Crippen molar-refractivity contribution in [2.45, 2.75) is 20.1 Å². The molecule has 1 N–H and O–H groups in total. The molecular formula is C20H20N2O3S. The third-order valence-corrected chi connectivity index (χ3v) is 4.62. The topological polar surface area (TPSA) is 60.5 Å². The van der Waals surface area contributed by atoms with Crippen LogP contribution in [0.1, 0.15) is 27.2 Å². The number of thiazole rings is 1. The smallest absolute Gasteiger partial charge is 0.251 e. The molecule has 0 fully saturated rings. The number of hydrogen-bond donors (Lipinski definition) is 1. The standard InChI is InChI=1S/C20H20N2O3S/c1-14-5-3-4-6-16(14)10-21-20(23)15-7-8-18(19(9-15)24-2)25-11-17-12-26-13-22-17/h3-9,12-13H,10-11H2,1-2H3,(H,21,23). The van der Waals surface area contributed by atoms with Gasteiger partial charge in [-0.3, -0.25) is 4.79 Å². The molecule has 1 aromatic heterocycles. The molecule has 0 aliphatic heterocycles. The van der Waals surface area contributed by atoms with Crippen LogP contribution in [0.2, 0.25) is 0 Å². The van der Waals surface area contributed by atoms with Gasteiger partial charge in [0.1, 0.15) is 6.61 Å². The van der Waals surface area contributed by atoms with Crippen molar-refractivity contribution >= 4 is 17.2 Å². The lowest BCUT2D eigenvalue weighted by Crippen LogP contribution is -2.23. The molecule has 3 aromatic rings. The summed E-state index contributed by atoms with van der Waals surface area (Å²) in [6, 6.07) is 13.1. The van der Waals surface area contributed by atoms with E-state index in [0.29, 0.717) is 30.2 Å². The van der Waals surface area contributed by atoms with Gasteiger partial charge in [-0.05, 0) is 36.2 Å². The van der Waals surface area contributed by atoms with E-state index in [9.17, 15) is 4.79 Å². The van der Waals surface area contributed by atoms with Gasteiger partial charge >= 0.3 is 0 Å². The Morgan fingerprint density at radius 1 is 1.19 bits per heavy atom. The first-order chi connectivity index (χ1) is 12.7. The first-order valence-corrected chi connectivity index (χ1v) is 9.12. The molecule has 0 aliphatic rings. The van der Waals surface area contributed by atoms with E-state index >= 15 is 0 Å². The number of aromatic nitrogens is 1. The highest BCUT2D eigenvalue weighted by molar-refractivity contribution is 7.07. The van der Waals surface area contributed by atoms with Gasteiger partial charge in [-0.2, -0.15) is 0 Å². The summed E-state index contributed by atoms with van der Waals surface area (Å²) in [5.74, 6) is 0.942. The molecule has 0 saturated heterocycles. The lowest BCUT2D eigenvalue weighted by molar-refractivity contribution is 0.0950. The van der Waals surface area contributed by atoms with E-state index in [1.807, 2.05) is 36.6 Å². The summed E-state index contributed by atoms with van der Waals surface area (Å²) >= 11 is 1.52. The van der Waals surface area contributed by atoms with E-state index < -0.39 is 0 Å². The summed E-state index contributed by atoms with van der Waals surface area (Å²) < 4.78 is 11.1. The number of nitrogens with zero attached hydrogens (tertiary/aromatic N) is 1. The van der Waals surface area contributed by atoms with Gasteiger partial charge in [0.25, 0.3) is 5.91 Å². The molecule has 1 amide bonds. The maximum absolute atomic E-state index is 12.4. The molecule has 0 aliphatic carbocycles. The lowest BCUT2D eigenvalue weighted by Gasteiger charge is -2.12. The van der Waals surface area contributed by atoms with Crippen molar-refractivity contribution in [1.82, 2.24) is 10.3 Å². The van der Waals surface area contributed by atoms with Crippen molar-refractivity contribution < 1.29 is 14.3 Å². The van der Waals surface area contributed by atoms with E-state index in [-0.39, 0.29) is 5.91 Å². The van der Waals surface area contributed by atoms with E-state index in [2.05, 4.69) is 10.3 Å². The van der Waals surface area contributed by atoms with Crippen LogP contribution in [0.25, 0.3) is 0 Å². The van der Waals surface area contributed by atoms with Crippen molar-refractivity contribution in [3.63, 3.8) is 0 Å². The second-order valence-corrected chi connectivity index (χ2v) is 6.46. The third kappa shape index (κ3) is 4.40. The Bertz CT molecular complexity index is 879. The molecule has 0 radical (unpaired) electrons. The van der Waals surface area contributed by atoms with Crippen LogP contribution in [0.15, 0.2) is 53.4 Å². The quantitative estimate of drug-likeness (QED) is 0.685.